The molecule has 1 heterocycles. The molecule has 1 saturated heterocycles. The molecule has 1 N–H and O–H groups in total. The summed E-state index contributed by atoms with van der Waals surface area (Å²) in [6, 6.07) is 0. The second kappa shape index (κ2) is 7.56. The lowest BCUT2D eigenvalue weighted by molar-refractivity contribution is 0.133. The minimum absolute atomic E-state index is 0.0423. The number of hydrogen-bond acceptors (Lipinski definition) is 2. The zero-order valence-electron chi connectivity index (χ0n) is 10.2. The van der Waals surface area contributed by atoms with E-state index >= 15 is 0 Å². The predicted molar refractivity (Wildman–Crippen MR) is 69.4 cm³/mol. The molecule has 1 nitrogen and oxygen atoms in total. The summed E-state index contributed by atoms with van der Waals surface area (Å²) in [5.41, 5.74) is 0. The average Bonchev–Trinajstić information content (AvgIpc) is 2.77. The molecule has 1 aliphatic heterocycles. The molecule has 1 fully saturated rings. The zero-order valence-corrected chi connectivity index (χ0v) is 11.1. The molecule has 0 aliphatic carbocycles. The van der Waals surface area contributed by atoms with Crippen LogP contribution in [0.25, 0.3) is 0 Å². The lowest BCUT2D eigenvalue weighted by Crippen LogP contribution is -2.23. The maximum Gasteiger partial charge on any atom is 0.0661 e. The largest absolute Gasteiger partial charge is 0.392 e. The van der Waals surface area contributed by atoms with E-state index in [4.69, 9.17) is 0 Å². The van der Waals surface area contributed by atoms with E-state index in [0.29, 0.717) is 5.25 Å². The van der Waals surface area contributed by atoms with Crippen molar-refractivity contribution in [1.29, 1.82) is 0 Å². The predicted octanol–water partition coefficient (Wildman–Crippen LogP) is 3.85. The third-order valence-corrected chi connectivity index (χ3v) is 5.01. The number of aliphatic hydroxyl groups is 1. The van der Waals surface area contributed by atoms with Gasteiger partial charge in [-0.3, -0.25) is 0 Å². The molecule has 0 saturated carbocycles. The Morgan fingerprint density at radius 2 is 2.20 bits per heavy atom. The first-order valence-electron chi connectivity index (χ1n) is 6.57. The van der Waals surface area contributed by atoms with Gasteiger partial charge in [-0.15, -0.1) is 0 Å². The highest BCUT2D eigenvalue weighted by Crippen LogP contribution is 2.32. The fourth-order valence-electron chi connectivity index (χ4n) is 2.38. The molecule has 0 aromatic heterocycles. The van der Waals surface area contributed by atoms with E-state index in [1.807, 2.05) is 11.8 Å². The van der Waals surface area contributed by atoms with Crippen molar-refractivity contribution in [2.75, 3.05) is 5.75 Å². The van der Waals surface area contributed by atoms with Crippen LogP contribution >= 0.6 is 11.8 Å². The molecule has 0 radical (unpaired) electrons. The minimum atomic E-state index is -0.0423. The van der Waals surface area contributed by atoms with E-state index in [1.54, 1.807) is 0 Å². The highest BCUT2D eigenvalue weighted by atomic mass is 32.2. The molecule has 1 aliphatic rings. The van der Waals surface area contributed by atoms with Gasteiger partial charge in [-0.2, -0.15) is 11.8 Å². The molecular formula is C13H26OS. The van der Waals surface area contributed by atoms with Crippen LogP contribution in [0.4, 0.5) is 0 Å². The van der Waals surface area contributed by atoms with Crippen molar-refractivity contribution in [3.8, 4) is 0 Å². The van der Waals surface area contributed by atoms with Crippen LogP contribution in [0.5, 0.6) is 0 Å². The van der Waals surface area contributed by atoms with Crippen molar-refractivity contribution in [1.82, 2.24) is 0 Å². The van der Waals surface area contributed by atoms with Crippen LogP contribution in [0, 0.1) is 5.92 Å². The molecule has 1 rings (SSSR count). The van der Waals surface area contributed by atoms with Gasteiger partial charge in [-0.25, -0.2) is 0 Å². The van der Waals surface area contributed by atoms with Crippen LogP contribution in [0.1, 0.15) is 58.8 Å². The van der Waals surface area contributed by atoms with Crippen LogP contribution in [0.2, 0.25) is 0 Å². The fourth-order valence-corrected chi connectivity index (χ4v) is 3.68. The lowest BCUT2D eigenvalue weighted by Gasteiger charge is -2.22. The Hall–Kier alpha value is 0.310. The van der Waals surface area contributed by atoms with Crippen LogP contribution in [-0.2, 0) is 0 Å². The molecule has 15 heavy (non-hydrogen) atoms. The Morgan fingerprint density at radius 3 is 2.73 bits per heavy atom. The van der Waals surface area contributed by atoms with Crippen LogP contribution in [0.15, 0.2) is 0 Å². The van der Waals surface area contributed by atoms with Crippen molar-refractivity contribution in [3.05, 3.63) is 0 Å². The topological polar surface area (TPSA) is 20.2 Å². The van der Waals surface area contributed by atoms with Crippen LogP contribution in [0.3, 0.4) is 0 Å². The smallest absolute Gasteiger partial charge is 0.0661 e. The summed E-state index contributed by atoms with van der Waals surface area (Å²) in [5.74, 6) is 2.01. The average molecular weight is 230 g/mol. The molecule has 2 heteroatoms. The summed E-state index contributed by atoms with van der Waals surface area (Å²) in [5, 5.41) is 10.7. The summed E-state index contributed by atoms with van der Waals surface area (Å²) >= 11 is 1.98. The molecule has 3 unspecified atom stereocenters. The van der Waals surface area contributed by atoms with E-state index in [2.05, 4.69) is 13.8 Å². The number of unbranched alkanes of at least 4 members (excludes halogenated alkanes) is 1. The van der Waals surface area contributed by atoms with Crippen molar-refractivity contribution >= 4 is 11.8 Å². The summed E-state index contributed by atoms with van der Waals surface area (Å²) in [6.07, 6.45) is 8.67. The first-order chi connectivity index (χ1) is 7.27. The van der Waals surface area contributed by atoms with Gasteiger partial charge in [0.2, 0.25) is 0 Å². The third kappa shape index (κ3) is 4.78. The Labute approximate surface area is 99.0 Å². The van der Waals surface area contributed by atoms with Crippen molar-refractivity contribution < 1.29 is 5.11 Å². The van der Waals surface area contributed by atoms with Crippen LogP contribution in [-0.4, -0.2) is 22.2 Å². The van der Waals surface area contributed by atoms with E-state index < -0.39 is 0 Å². The summed E-state index contributed by atoms with van der Waals surface area (Å²) < 4.78 is 0. The minimum Gasteiger partial charge on any atom is -0.392 e. The summed E-state index contributed by atoms with van der Waals surface area (Å²) in [6.45, 7) is 4.50. The lowest BCUT2D eigenvalue weighted by atomic mass is 9.91. The van der Waals surface area contributed by atoms with Gasteiger partial charge in [-0.1, -0.05) is 39.5 Å². The second-order valence-electron chi connectivity index (χ2n) is 4.77. The first-order valence-corrected chi connectivity index (χ1v) is 7.62. The molecular weight excluding hydrogens is 204 g/mol. The molecule has 0 amide bonds. The van der Waals surface area contributed by atoms with Gasteiger partial charge >= 0.3 is 0 Å². The standard InChI is InChI=1S/C13H26OS/c1-3-5-7-11(4-2)10-12(14)13-8-6-9-15-13/h11-14H,3-10H2,1-2H3. The van der Waals surface area contributed by atoms with Gasteiger partial charge in [-0.05, 0) is 30.9 Å². The van der Waals surface area contributed by atoms with Gasteiger partial charge in [0.05, 0.1) is 6.10 Å². The SMILES string of the molecule is CCCCC(CC)CC(O)C1CCCS1. The Kier molecular flexibility index (Phi) is 6.74. The van der Waals surface area contributed by atoms with Crippen LogP contribution < -0.4 is 0 Å². The molecule has 90 valence electrons. The number of thioether (sulfide) groups is 1. The van der Waals surface area contributed by atoms with E-state index in [0.717, 1.165) is 12.3 Å². The van der Waals surface area contributed by atoms with Crippen molar-refractivity contribution in [3.63, 3.8) is 0 Å². The van der Waals surface area contributed by atoms with Gasteiger partial charge in [0, 0.05) is 5.25 Å². The molecule has 0 spiro atoms. The van der Waals surface area contributed by atoms with E-state index in [-0.39, 0.29) is 6.10 Å². The highest BCUT2D eigenvalue weighted by molar-refractivity contribution is 8.00. The van der Waals surface area contributed by atoms with Gasteiger partial charge in [0.1, 0.15) is 0 Å². The summed E-state index contributed by atoms with van der Waals surface area (Å²) in [7, 11) is 0. The summed E-state index contributed by atoms with van der Waals surface area (Å²) in [4.78, 5) is 0. The number of rotatable bonds is 7. The van der Waals surface area contributed by atoms with E-state index in [1.165, 1.54) is 44.3 Å². The maximum atomic E-state index is 10.1. The van der Waals surface area contributed by atoms with Gasteiger partial charge < -0.3 is 5.11 Å². The second-order valence-corrected chi connectivity index (χ2v) is 6.12. The third-order valence-electron chi connectivity index (χ3n) is 3.51. The number of aliphatic hydroxyl groups excluding tert-OH is 1. The molecule has 0 aromatic rings. The quantitative estimate of drug-likeness (QED) is 0.717. The zero-order chi connectivity index (χ0) is 11.1. The fraction of sp³-hybridized carbons (Fsp3) is 1.00. The van der Waals surface area contributed by atoms with Gasteiger partial charge in [0.15, 0.2) is 0 Å². The van der Waals surface area contributed by atoms with Crippen molar-refractivity contribution in [2.24, 2.45) is 5.92 Å². The normalized spacial score (nSPS) is 25.4. The molecule has 0 bridgehead atoms. The number of hydrogen-bond donors (Lipinski definition) is 1. The molecule has 0 aromatic carbocycles. The Bertz CT molecular complexity index is 155. The van der Waals surface area contributed by atoms with E-state index in [9.17, 15) is 5.11 Å². The highest BCUT2D eigenvalue weighted by Gasteiger charge is 2.25. The maximum absolute atomic E-state index is 10.1. The Balaban J connectivity index is 2.23. The molecule has 3 atom stereocenters. The van der Waals surface area contributed by atoms with Crippen molar-refractivity contribution in [2.45, 2.75) is 70.1 Å². The first kappa shape index (κ1) is 13.4. The monoisotopic (exact) mass is 230 g/mol. The van der Waals surface area contributed by atoms with Gasteiger partial charge in [0.25, 0.3) is 0 Å². The Morgan fingerprint density at radius 1 is 1.40 bits per heavy atom.